The normalized spacial score (nSPS) is 15.4. The number of morpholine rings is 1. The van der Waals surface area contributed by atoms with E-state index in [0.717, 1.165) is 53.8 Å². The highest BCUT2D eigenvalue weighted by Crippen LogP contribution is 2.23. The number of hydrogen-bond donors (Lipinski definition) is 1. The third-order valence-electron chi connectivity index (χ3n) is 4.19. The standard InChI is InChI=1S/C18H20N4O2S2/c23-16(5-6-17-20-14-3-1-2-4-15(14)26-17)21-18-19-13(12-25-18)11-22-7-9-24-10-8-22/h1-4,12H,5-11H2,(H,19,21,23). The van der Waals surface area contributed by atoms with E-state index < -0.39 is 0 Å². The van der Waals surface area contributed by atoms with E-state index in [9.17, 15) is 4.79 Å². The molecule has 0 spiro atoms. The first-order chi connectivity index (χ1) is 12.8. The van der Waals surface area contributed by atoms with E-state index in [1.807, 2.05) is 23.6 Å². The van der Waals surface area contributed by atoms with Gasteiger partial charge in [-0.1, -0.05) is 12.1 Å². The first-order valence-corrected chi connectivity index (χ1v) is 10.3. The number of carbonyl (C=O) groups is 1. The van der Waals surface area contributed by atoms with Crippen molar-refractivity contribution in [2.45, 2.75) is 19.4 Å². The quantitative estimate of drug-likeness (QED) is 0.703. The molecular weight excluding hydrogens is 368 g/mol. The summed E-state index contributed by atoms with van der Waals surface area (Å²) in [5, 5.41) is 6.58. The Hall–Kier alpha value is -1.87. The van der Waals surface area contributed by atoms with Gasteiger partial charge in [0, 0.05) is 37.9 Å². The van der Waals surface area contributed by atoms with Crippen molar-refractivity contribution >= 4 is 43.9 Å². The van der Waals surface area contributed by atoms with Crippen LogP contribution in [0.3, 0.4) is 0 Å². The number of aryl methyl sites for hydroxylation is 1. The number of carbonyl (C=O) groups excluding carboxylic acids is 1. The van der Waals surface area contributed by atoms with Gasteiger partial charge in [-0.2, -0.15) is 0 Å². The number of benzene rings is 1. The lowest BCUT2D eigenvalue weighted by atomic mass is 10.3. The molecule has 3 aromatic rings. The summed E-state index contributed by atoms with van der Waals surface area (Å²) in [6, 6.07) is 8.05. The minimum absolute atomic E-state index is 0.0171. The Kier molecular flexibility index (Phi) is 5.54. The summed E-state index contributed by atoms with van der Waals surface area (Å²) in [7, 11) is 0. The summed E-state index contributed by atoms with van der Waals surface area (Å²) < 4.78 is 6.52. The third kappa shape index (κ3) is 4.45. The molecular formula is C18H20N4O2S2. The van der Waals surface area contributed by atoms with Crippen LogP contribution in [-0.4, -0.2) is 47.1 Å². The molecule has 0 atom stereocenters. The molecule has 26 heavy (non-hydrogen) atoms. The van der Waals surface area contributed by atoms with Gasteiger partial charge in [0.1, 0.15) is 0 Å². The molecule has 0 unspecified atom stereocenters. The van der Waals surface area contributed by atoms with Crippen LogP contribution in [0.25, 0.3) is 10.2 Å². The number of nitrogens with zero attached hydrogens (tertiary/aromatic N) is 3. The molecule has 0 saturated carbocycles. The van der Waals surface area contributed by atoms with E-state index in [2.05, 4.69) is 26.3 Å². The lowest BCUT2D eigenvalue weighted by molar-refractivity contribution is -0.116. The van der Waals surface area contributed by atoms with Crippen LogP contribution in [0.5, 0.6) is 0 Å². The van der Waals surface area contributed by atoms with Crippen LogP contribution in [0.4, 0.5) is 5.13 Å². The Morgan fingerprint density at radius 2 is 2.08 bits per heavy atom. The number of thiazole rings is 2. The molecule has 0 aliphatic carbocycles. The highest BCUT2D eigenvalue weighted by Gasteiger charge is 2.14. The van der Waals surface area contributed by atoms with Gasteiger partial charge in [-0.05, 0) is 12.1 Å². The summed E-state index contributed by atoms with van der Waals surface area (Å²) >= 11 is 3.13. The lowest BCUT2D eigenvalue weighted by Gasteiger charge is -2.25. The number of para-hydroxylation sites is 1. The topological polar surface area (TPSA) is 67.4 Å². The van der Waals surface area contributed by atoms with E-state index >= 15 is 0 Å². The Balaban J connectivity index is 1.27. The van der Waals surface area contributed by atoms with Crippen LogP contribution < -0.4 is 5.32 Å². The van der Waals surface area contributed by atoms with Crippen LogP contribution >= 0.6 is 22.7 Å². The van der Waals surface area contributed by atoms with E-state index in [0.29, 0.717) is 18.0 Å². The molecule has 8 heteroatoms. The first-order valence-electron chi connectivity index (χ1n) is 8.65. The number of amides is 1. The number of hydrogen-bond acceptors (Lipinski definition) is 7. The summed E-state index contributed by atoms with van der Waals surface area (Å²) in [4.78, 5) is 23.6. The summed E-state index contributed by atoms with van der Waals surface area (Å²) in [5.41, 5.74) is 2.00. The molecule has 0 bridgehead atoms. The number of aromatic nitrogens is 2. The second-order valence-electron chi connectivity index (χ2n) is 6.16. The molecule has 2 aromatic heterocycles. The smallest absolute Gasteiger partial charge is 0.226 e. The molecule has 0 radical (unpaired) electrons. The van der Waals surface area contributed by atoms with Crippen molar-refractivity contribution in [2.75, 3.05) is 31.6 Å². The van der Waals surface area contributed by atoms with Gasteiger partial charge in [-0.25, -0.2) is 9.97 Å². The van der Waals surface area contributed by atoms with Crippen LogP contribution in [0.2, 0.25) is 0 Å². The Bertz CT molecular complexity index is 853. The number of ether oxygens (including phenoxy) is 1. The molecule has 1 aliphatic heterocycles. The fraction of sp³-hybridized carbons (Fsp3) is 0.389. The van der Waals surface area contributed by atoms with Gasteiger partial charge >= 0.3 is 0 Å². The van der Waals surface area contributed by atoms with Crippen LogP contribution in [0.15, 0.2) is 29.6 Å². The minimum atomic E-state index is -0.0171. The summed E-state index contributed by atoms with van der Waals surface area (Å²) in [6.07, 6.45) is 1.06. The van der Waals surface area contributed by atoms with E-state index in [1.165, 1.54) is 11.3 Å². The Morgan fingerprint density at radius 1 is 1.23 bits per heavy atom. The second kappa shape index (κ2) is 8.22. The molecule has 6 nitrogen and oxygen atoms in total. The molecule has 1 fully saturated rings. The molecule has 1 saturated heterocycles. The average Bonchev–Trinajstić information content (AvgIpc) is 3.27. The van der Waals surface area contributed by atoms with Crippen molar-refractivity contribution in [2.24, 2.45) is 0 Å². The van der Waals surface area contributed by atoms with Crippen molar-refractivity contribution < 1.29 is 9.53 Å². The molecule has 1 aliphatic rings. The highest BCUT2D eigenvalue weighted by molar-refractivity contribution is 7.18. The number of anilines is 1. The molecule has 136 valence electrons. The van der Waals surface area contributed by atoms with Crippen LogP contribution in [0.1, 0.15) is 17.1 Å². The SMILES string of the molecule is O=C(CCc1nc2ccccc2s1)Nc1nc(CN2CCOCC2)cs1. The van der Waals surface area contributed by atoms with Crippen LogP contribution in [0, 0.1) is 0 Å². The van der Waals surface area contributed by atoms with Gasteiger partial charge in [0.15, 0.2) is 5.13 Å². The molecule has 3 heterocycles. The van der Waals surface area contributed by atoms with Crippen molar-refractivity contribution in [3.05, 3.63) is 40.3 Å². The number of fused-ring (bicyclic) bond motifs is 1. The lowest BCUT2D eigenvalue weighted by Crippen LogP contribution is -2.35. The van der Waals surface area contributed by atoms with Gasteiger partial charge in [0.2, 0.25) is 5.91 Å². The second-order valence-corrected chi connectivity index (χ2v) is 8.13. The number of rotatable bonds is 6. The average molecular weight is 389 g/mol. The Morgan fingerprint density at radius 3 is 2.92 bits per heavy atom. The maximum atomic E-state index is 12.2. The third-order valence-corrected chi connectivity index (χ3v) is 6.09. The predicted molar refractivity (Wildman–Crippen MR) is 105 cm³/mol. The van der Waals surface area contributed by atoms with Gasteiger partial charge in [0.05, 0.1) is 34.1 Å². The van der Waals surface area contributed by atoms with Gasteiger partial charge in [-0.3, -0.25) is 9.69 Å². The fourth-order valence-corrected chi connectivity index (χ4v) is 4.54. The molecule has 4 rings (SSSR count). The van der Waals surface area contributed by atoms with Gasteiger partial charge < -0.3 is 10.1 Å². The zero-order valence-corrected chi connectivity index (χ0v) is 15.9. The zero-order chi connectivity index (χ0) is 17.8. The number of nitrogens with one attached hydrogen (secondary N) is 1. The monoisotopic (exact) mass is 388 g/mol. The molecule has 1 N–H and O–H groups in total. The van der Waals surface area contributed by atoms with Gasteiger partial charge in [-0.15, -0.1) is 22.7 Å². The van der Waals surface area contributed by atoms with Crippen molar-refractivity contribution in [3.8, 4) is 0 Å². The fourth-order valence-electron chi connectivity index (χ4n) is 2.85. The van der Waals surface area contributed by atoms with Crippen LogP contribution in [-0.2, 0) is 22.5 Å². The highest BCUT2D eigenvalue weighted by atomic mass is 32.1. The van der Waals surface area contributed by atoms with Crippen molar-refractivity contribution in [1.29, 1.82) is 0 Å². The maximum Gasteiger partial charge on any atom is 0.226 e. The Labute approximate surface area is 159 Å². The summed E-state index contributed by atoms with van der Waals surface area (Å²) in [6.45, 7) is 4.23. The van der Waals surface area contributed by atoms with E-state index in [-0.39, 0.29) is 5.91 Å². The summed E-state index contributed by atoms with van der Waals surface area (Å²) in [5.74, 6) is -0.0171. The first kappa shape index (κ1) is 17.5. The minimum Gasteiger partial charge on any atom is -0.379 e. The van der Waals surface area contributed by atoms with Crippen molar-refractivity contribution in [3.63, 3.8) is 0 Å². The zero-order valence-electron chi connectivity index (χ0n) is 14.3. The van der Waals surface area contributed by atoms with Crippen molar-refractivity contribution in [1.82, 2.24) is 14.9 Å². The predicted octanol–water partition coefficient (Wildman–Crippen LogP) is 3.16. The maximum absolute atomic E-state index is 12.2. The molecule has 1 aromatic carbocycles. The largest absolute Gasteiger partial charge is 0.379 e. The van der Waals surface area contributed by atoms with Gasteiger partial charge in [0.25, 0.3) is 0 Å². The molecule has 1 amide bonds. The van der Waals surface area contributed by atoms with E-state index in [1.54, 1.807) is 11.3 Å². The van der Waals surface area contributed by atoms with E-state index in [4.69, 9.17) is 4.74 Å².